The summed E-state index contributed by atoms with van der Waals surface area (Å²) in [6.07, 6.45) is 0. The van der Waals surface area contributed by atoms with Crippen LogP contribution < -0.4 is 10.6 Å². The summed E-state index contributed by atoms with van der Waals surface area (Å²) in [6, 6.07) is 7.20. The molecule has 0 saturated carbocycles. The highest BCUT2D eigenvalue weighted by Gasteiger charge is 2.22. The average Bonchev–Trinajstić information content (AvgIpc) is 2.38. The Hall–Kier alpha value is -1.88. The van der Waals surface area contributed by atoms with Gasteiger partial charge >= 0.3 is 6.03 Å². The standard InChI is InChI=1S/C17H27N3O2/c1-12-9-7-8-10-14(12)11-20(6)13(2)15(21)18-16(22)19-17(3,4)5/h7-10,13H,11H2,1-6H3,(H2,18,19,21,22). The van der Waals surface area contributed by atoms with E-state index in [1.165, 1.54) is 11.1 Å². The Morgan fingerprint density at radius 3 is 2.36 bits per heavy atom. The van der Waals surface area contributed by atoms with Crippen LogP contribution in [0.2, 0.25) is 0 Å². The summed E-state index contributed by atoms with van der Waals surface area (Å²) in [4.78, 5) is 25.8. The van der Waals surface area contributed by atoms with Crippen LogP contribution >= 0.6 is 0 Å². The van der Waals surface area contributed by atoms with Gasteiger partial charge in [0.05, 0.1) is 6.04 Å². The first kappa shape index (κ1) is 18.2. The average molecular weight is 305 g/mol. The molecule has 3 amide bonds. The van der Waals surface area contributed by atoms with Crippen molar-refractivity contribution in [1.82, 2.24) is 15.5 Å². The number of hydrogen-bond donors (Lipinski definition) is 2. The smallest absolute Gasteiger partial charge is 0.321 e. The van der Waals surface area contributed by atoms with Gasteiger partial charge in [-0.3, -0.25) is 15.0 Å². The van der Waals surface area contributed by atoms with Crippen molar-refractivity contribution in [3.05, 3.63) is 35.4 Å². The van der Waals surface area contributed by atoms with Crippen molar-refractivity contribution in [2.75, 3.05) is 7.05 Å². The third-order valence-electron chi connectivity index (χ3n) is 3.45. The molecule has 1 rings (SSSR count). The Bertz CT molecular complexity index is 535. The topological polar surface area (TPSA) is 61.4 Å². The van der Waals surface area contributed by atoms with E-state index in [1.54, 1.807) is 6.92 Å². The van der Waals surface area contributed by atoms with Crippen molar-refractivity contribution in [1.29, 1.82) is 0 Å². The fourth-order valence-electron chi connectivity index (χ4n) is 1.98. The number of carbonyl (C=O) groups is 2. The fourth-order valence-corrected chi connectivity index (χ4v) is 1.98. The van der Waals surface area contributed by atoms with Crippen molar-refractivity contribution in [2.45, 2.75) is 52.7 Å². The lowest BCUT2D eigenvalue weighted by Gasteiger charge is -2.25. The highest BCUT2D eigenvalue weighted by molar-refractivity contribution is 5.97. The summed E-state index contributed by atoms with van der Waals surface area (Å²) in [5.74, 6) is -0.308. The second-order valence-corrected chi connectivity index (χ2v) is 6.71. The molecule has 0 aliphatic heterocycles. The van der Waals surface area contributed by atoms with E-state index in [0.29, 0.717) is 6.54 Å². The normalized spacial score (nSPS) is 12.9. The van der Waals surface area contributed by atoms with Crippen LogP contribution in [0.3, 0.4) is 0 Å². The van der Waals surface area contributed by atoms with Gasteiger partial charge in [-0.2, -0.15) is 0 Å². The van der Waals surface area contributed by atoms with E-state index in [9.17, 15) is 9.59 Å². The summed E-state index contributed by atoms with van der Waals surface area (Å²) in [7, 11) is 1.87. The van der Waals surface area contributed by atoms with E-state index < -0.39 is 12.1 Å². The maximum atomic E-state index is 12.1. The van der Waals surface area contributed by atoms with Gasteiger partial charge < -0.3 is 5.32 Å². The summed E-state index contributed by atoms with van der Waals surface area (Å²) in [6.45, 7) is 10.1. The number of nitrogens with zero attached hydrogens (tertiary/aromatic N) is 1. The number of nitrogens with one attached hydrogen (secondary N) is 2. The van der Waals surface area contributed by atoms with Gasteiger partial charge in [0.15, 0.2) is 0 Å². The lowest BCUT2D eigenvalue weighted by atomic mass is 10.1. The van der Waals surface area contributed by atoms with Gasteiger partial charge in [0, 0.05) is 12.1 Å². The number of rotatable bonds is 4. The number of amides is 3. The van der Waals surface area contributed by atoms with E-state index in [2.05, 4.69) is 10.6 Å². The minimum absolute atomic E-state index is 0.308. The molecule has 1 aromatic rings. The third kappa shape index (κ3) is 5.85. The molecular weight excluding hydrogens is 278 g/mol. The summed E-state index contributed by atoms with van der Waals surface area (Å²) >= 11 is 0. The zero-order valence-corrected chi connectivity index (χ0v) is 14.4. The van der Waals surface area contributed by atoms with Crippen LogP contribution in [0.1, 0.15) is 38.8 Å². The molecule has 5 nitrogen and oxygen atoms in total. The van der Waals surface area contributed by atoms with Gasteiger partial charge in [0.2, 0.25) is 5.91 Å². The molecule has 0 spiro atoms. The van der Waals surface area contributed by atoms with Gasteiger partial charge in [-0.05, 0) is 52.8 Å². The zero-order chi connectivity index (χ0) is 16.9. The molecule has 0 heterocycles. The van der Waals surface area contributed by atoms with Gasteiger partial charge in [0.25, 0.3) is 0 Å². The molecule has 0 aliphatic rings. The first-order valence-corrected chi connectivity index (χ1v) is 7.48. The van der Waals surface area contributed by atoms with Gasteiger partial charge in [-0.1, -0.05) is 24.3 Å². The van der Waals surface area contributed by atoms with Crippen molar-refractivity contribution in [3.63, 3.8) is 0 Å². The lowest BCUT2D eigenvalue weighted by Crippen LogP contribution is -2.52. The first-order chi connectivity index (χ1) is 10.1. The van der Waals surface area contributed by atoms with Crippen LogP contribution in [0.25, 0.3) is 0 Å². The van der Waals surface area contributed by atoms with Gasteiger partial charge in [-0.25, -0.2) is 4.79 Å². The molecule has 1 atom stereocenters. The fraction of sp³-hybridized carbons (Fsp3) is 0.529. The Balaban J connectivity index is 2.59. The van der Waals surface area contributed by atoms with Crippen molar-refractivity contribution >= 4 is 11.9 Å². The minimum Gasteiger partial charge on any atom is -0.333 e. The molecule has 0 radical (unpaired) electrons. The molecule has 0 saturated heterocycles. The highest BCUT2D eigenvalue weighted by atomic mass is 16.2. The van der Waals surface area contributed by atoms with E-state index >= 15 is 0 Å². The van der Waals surface area contributed by atoms with Crippen LogP contribution in [-0.4, -0.2) is 35.5 Å². The third-order valence-corrected chi connectivity index (χ3v) is 3.45. The molecule has 0 bridgehead atoms. The second-order valence-electron chi connectivity index (χ2n) is 6.71. The predicted molar refractivity (Wildman–Crippen MR) is 88.5 cm³/mol. The zero-order valence-electron chi connectivity index (χ0n) is 14.4. The predicted octanol–water partition coefficient (Wildman–Crippen LogP) is 2.44. The Morgan fingerprint density at radius 1 is 1.23 bits per heavy atom. The van der Waals surface area contributed by atoms with Crippen LogP contribution in [-0.2, 0) is 11.3 Å². The Kier molecular flexibility index (Phi) is 6.11. The van der Waals surface area contributed by atoms with E-state index in [4.69, 9.17) is 0 Å². The summed E-state index contributed by atoms with van der Waals surface area (Å²) in [5, 5.41) is 5.10. The monoisotopic (exact) mass is 305 g/mol. The highest BCUT2D eigenvalue weighted by Crippen LogP contribution is 2.11. The van der Waals surface area contributed by atoms with Gasteiger partial charge in [0.1, 0.15) is 0 Å². The van der Waals surface area contributed by atoms with Crippen molar-refractivity contribution in [3.8, 4) is 0 Å². The molecule has 5 heteroatoms. The number of likely N-dealkylation sites (N-methyl/N-ethyl adjacent to an activating group) is 1. The molecule has 122 valence electrons. The number of benzene rings is 1. The van der Waals surface area contributed by atoms with Crippen LogP contribution in [0.4, 0.5) is 4.79 Å². The quantitative estimate of drug-likeness (QED) is 0.898. The molecule has 1 unspecified atom stereocenters. The largest absolute Gasteiger partial charge is 0.333 e. The lowest BCUT2D eigenvalue weighted by molar-refractivity contribution is -0.124. The number of carbonyl (C=O) groups excluding carboxylic acids is 2. The number of imide groups is 1. The van der Waals surface area contributed by atoms with E-state index in [-0.39, 0.29) is 11.4 Å². The van der Waals surface area contributed by atoms with Crippen LogP contribution in [0.5, 0.6) is 0 Å². The molecular formula is C17H27N3O2. The molecule has 1 aromatic carbocycles. The number of urea groups is 1. The van der Waals surface area contributed by atoms with Crippen LogP contribution in [0, 0.1) is 6.92 Å². The SMILES string of the molecule is Cc1ccccc1CN(C)C(C)C(=O)NC(=O)NC(C)(C)C. The Labute approximate surface area is 133 Å². The molecule has 22 heavy (non-hydrogen) atoms. The number of aryl methyl sites for hydroxylation is 1. The summed E-state index contributed by atoms with van der Waals surface area (Å²) < 4.78 is 0. The Morgan fingerprint density at radius 2 is 1.82 bits per heavy atom. The maximum absolute atomic E-state index is 12.1. The van der Waals surface area contributed by atoms with E-state index in [0.717, 1.165) is 0 Å². The first-order valence-electron chi connectivity index (χ1n) is 7.48. The van der Waals surface area contributed by atoms with E-state index in [1.807, 2.05) is 63.9 Å². The molecule has 0 fully saturated rings. The van der Waals surface area contributed by atoms with Crippen molar-refractivity contribution in [2.24, 2.45) is 0 Å². The molecule has 0 aromatic heterocycles. The molecule has 0 aliphatic carbocycles. The maximum Gasteiger partial charge on any atom is 0.321 e. The number of hydrogen-bond acceptors (Lipinski definition) is 3. The van der Waals surface area contributed by atoms with Gasteiger partial charge in [-0.15, -0.1) is 0 Å². The minimum atomic E-state index is -0.464. The summed E-state index contributed by atoms with van der Waals surface area (Å²) in [5.41, 5.74) is 1.98. The van der Waals surface area contributed by atoms with Crippen molar-refractivity contribution < 1.29 is 9.59 Å². The molecule has 2 N–H and O–H groups in total. The van der Waals surface area contributed by atoms with Crippen LogP contribution in [0.15, 0.2) is 24.3 Å². The second kappa shape index (κ2) is 7.40.